The predicted octanol–water partition coefficient (Wildman–Crippen LogP) is 6.62. The van der Waals surface area contributed by atoms with Crippen LogP contribution in [0.4, 0.5) is 0 Å². The van der Waals surface area contributed by atoms with E-state index in [0.717, 1.165) is 0 Å². The van der Waals surface area contributed by atoms with Crippen LogP contribution in [0.1, 0.15) is 81.6 Å². The Kier molecular flexibility index (Phi) is 15.7. The molecule has 0 aromatic rings. The van der Waals surface area contributed by atoms with E-state index in [4.69, 9.17) is 27.8 Å². The predicted molar refractivity (Wildman–Crippen MR) is 143 cm³/mol. The molecule has 0 aromatic carbocycles. The number of hydrogen-bond donors (Lipinski definition) is 0. The molecule has 0 rings (SSSR count). The summed E-state index contributed by atoms with van der Waals surface area (Å²) < 4.78 is 45.0. The van der Waals surface area contributed by atoms with E-state index in [0.29, 0.717) is 19.3 Å². The molecule has 0 radical (unpaired) electrons. The highest BCUT2D eigenvalue weighted by Gasteiger charge is 2.38. The zero-order valence-corrected chi connectivity index (χ0v) is 25.1. The van der Waals surface area contributed by atoms with Crippen LogP contribution in [0.5, 0.6) is 0 Å². The SMILES string of the molecule is C=C(CC(C)C)C(=O)OC(C)OP(=O)(OC(C)OC(=O)C(=C)CC(C)C)OC(C)OC(=O)C(=C)CC(C)C. The number of carbonyl (C=O) groups excluding carboxylic acids is 3. The Balaban J connectivity index is 5.56. The van der Waals surface area contributed by atoms with Gasteiger partial charge in [0.15, 0.2) is 0 Å². The summed E-state index contributed by atoms with van der Waals surface area (Å²) in [7, 11) is -4.65. The summed E-state index contributed by atoms with van der Waals surface area (Å²) in [6.07, 6.45) is -3.11. The van der Waals surface area contributed by atoms with E-state index < -0.39 is 44.6 Å². The van der Waals surface area contributed by atoms with Gasteiger partial charge in [-0.3, -0.25) is 0 Å². The fraction of sp³-hybridized carbons (Fsp3) is 0.667. The van der Waals surface area contributed by atoms with Crippen LogP contribution in [0.3, 0.4) is 0 Å². The first-order valence-electron chi connectivity index (χ1n) is 12.7. The van der Waals surface area contributed by atoms with Gasteiger partial charge in [0, 0.05) is 16.7 Å². The lowest BCUT2D eigenvalue weighted by Gasteiger charge is -2.26. The van der Waals surface area contributed by atoms with Crippen molar-refractivity contribution in [3.8, 4) is 0 Å². The second-order valence-electron chi connectivity index (χ2n) is 10.3. The van der Waals surface area contributed by atoms with Gasteiger partial charge in [0.2, 0.25) is 18.9 Å². The van der Waals surface area contributed by atoms with Crippen LogP contribution in [-0.4, -0.2) is 36.8 Å². The Bertz CT molecular complexity index is 791. The van der Waals surface area contributed by atoms with Crippen LogP contribution in [0, 0.1) is 17.8 Å². The van der Waals surface area contributed by atoms with Crippen molar-refractivity contribution in [2.75, 3.05) is 0 Å². The summed E-state index contributed by atoms with van der Waals surface area (Å²) >= 11 is 0. The van der Waals surface area contributed by atoms with Crippen molar-refractivity contribution in [3.05, 3.63) is 36.5 Å². The smallest absolute Gasteiger partial charge is 0.432 e. The summed E-state index contributed by atoms with van der Waals surface area (Å²) in [6, 6.07) is 0. The number of phosphoric ester groups is 1. The molecule has 11 heteroatoms. The Morgan fingerprint density at radius 3 is 0.921 bits per heavy atom. The highest BCUT2D eigenvalue weighted by Crippen LogP contribution is 2.53. The molecule has 3 unspecified atom stereocenters. The number of hydrogen-bond acceptors (Lipinski definition) is 10. The van der Waals surface area contributed by atoms with E-state index >= 15 is 0 Å². The average molecular weight is 561 g/mol. The van der Waals surface area contributed by atoms with Crippen LogP contribution >= 0.6 is 7.82 Å². The summed E-state index contributed by atoms with van der Waals surface area (Å²) in [5, 5.41) is 0. The van der Waals surface area contributed by atoms with Gasteiger partial charge in [0.05, 0.1) is 0 Å². The summed E-state index contributed by atoms with van der Waals surface area (Å²) in [5.74, 6) is -1.80. The third kappa shape index (κ3) is 15.2. The van der Waals surface area contributed by atoms with E-state index in [1.165, 1.54) is 20.8 Å². The lowest BCUT2D eigenvalue weighted by atomic mass is 10.1. The highest BCUT2D eigenvalue weighted by molar-refractivity contribution is 7.48. The van der Waals surface area contributed by atoms with Crippen LogP contribution < -0.4 is 0 Å². The lowest BCUT2D eigenvalue weighted by molar-refractivity contribution is -0.174. The van der Waals surface area contributed by atoms with Crippen LogP contribution in [0.25, 0.3) is 0 Å². The van der Waals surface area contributed by atoms with Gasteiger partial charge in [-0.05, 0) is 57.8 Å². The molecule has 3 atom stereocenters. The molecule has 0 spiro atoms. The normalized spacial score (nSPS) is 15.4. The first kappa shape index (κ1) is 35.7. The number of phosphoric acid groups is 1. The maximum absolute atomic E-state index is 13.5. The van der Waals surface area contributed by atoms with E-state index in [1.807, 2.05) is 41.5 Å². The van der Waals surface area contributed by atoms with Gasteiger partial charge in [0.1, 0.15) is 0 Å². The van der Waals surface area contributed by atoms with Gasteiger partial charge >= 0.3 is 25.7 Å². The number of esters is 3. The first-order chi connectivity index (χ1) is 17.3. The second kappa shape index (κ2) is 16.6. The van der Waals surface area contributed by atoms with E-state index in [1.54, 1.807) is 0 Å². The van der Waals surface area contributed by atoms with Crippen molar-refractivity contribution in [3.63, 3.8) is 0 Å². The topological polar surface area (TPSA) is 124 Å². The van der Waals surface area contributed by atoms with Crippen LogP contribution in [0.2, 0.25) is 0 Å². The van der Waals surface area contributed by atoms with Gasteiger partial charge in [-0.1, -0.05) is 61.3 Å². The minimum absolute atomic E-state index is 0.158. The highest BCUT2D eigenvalue weighted by atomic mass is 31.2. The third-order valence-electron chi connectivity index (χ3n) is 4.48. The molecule has 0 aliphatic rings. The summed E-state index contributed by atoms with van der Waals surface area (Å²) in [5.41, 5.74) is 0.595. The van der Waals surface area contributed by atoms with Crippen molar-refractivity contribution in [1.29, 1.82) is 0 Å². The molecular weight excluding hydrogens is 515 g/mol. The molecule has 0 heterocycles. The molecule has 10 nitrogen and oxygen atoms in total. The minimum Gasteiger partial charge on any atom is -0.432 e. The minimum atomic E-state index is -4.65. The van der Waals surface area contributed by atoms with Crippen molar-refractivity contribution < 1.29 is 46.7 Å². The van der Waals surface area contributed by atoms with Gasteiger partial charge in [-0.2, -0.15) is 0 Å². The molecular formula is C27H45O10P. The molecule has 0 saturated carbocycles. The zero-order chi connectivity index (χ0) is 29.8. The van der Waals surface area contributed by atoms with Gasteiger partial charge in [0.25, 0.3) is 0 Å². The molecule has 0 aromatic heterocycles. The van der Waals surface area contributed by atoms with Gasteiger partial charge < -0.3 is 14.2 Å². The van der Waals surface area contributed by atoms with E-state index in [2.05, 4.69) is 19.7 Å². The maximum atomic E-state index is 13.5. The molecule has 0 N–H and O–H groups in total. The molecule has 0 bridgehead atoms. The largest absolute Gasteiger partial charge is 0.484 e. The number of rotatable bonds is 18. The monoisotopic (exact) mass is 560 g/mol. The zero-order valence-electron chi connectivity index (χ0n) is 24.2. The van der Waals surface area contributed by atoms with Crippen LogP contribution in [0.15, 0.2) is 36.5 Å². The van der Waals surface area contributed by atoms with Gasteiger partial charge in [-0.25, -0.2) is 32.5 Å². The van der Waals surface area contributed by atoms with Crippen molar-refractivity contribution >= 4 is 25.7 Å². The van der Waals surface area contributed by atoms with Crippen molar-refractivity contribution in [2.24, 2.45) is 17.8 Å². The number of ether oxygens (including phenoxy) is 3. The molecule has 0 amide bonds. The summed E-state index contributed by atoms with van der Waals surface area (Å²) in [6.45, 7) is 26.4. The van der Waals surface area contributed by atoms with Gasteiger partial charge in [-0.15, -0.1) is 0 Å². The van der Waals surface area contributed by atoms with Crippen LogP contribution in [-0.2, 0) is 46.7 Å². The number of carbonyl (C=O) groups is 3. The summed E-state index contributed by atoms with van der Waals surface area (Å²) in [4.78, 5) is 36.9. The molecule has 0 aliphatic carbocycles. The molecule has 218 valence electrons. The molecule has 0 fully saturated rings. The van der Waals surface area contributed by atoms with Crippen molar-refractivity contribution in [2.45, 2.75) is 100 Å². The molecule has 0 aliphatic heterocycles. The fourth-order valence-corrected chi connectivity index (χ4v) is 4.48. The Morgan fingerprint density at radius 2 is 0.737 bits per heavy atom. The van der Waals surface area contributed by atoms with Crippen molar-refractivity contribution in [1.82, 2.24) is 0 Å². The maximum Gasteiger partial charge on any atom is 0.484 e. The first-order valence-corrected chi connectivity index (χ1v) is 14.1. The third-order valence-corrected chi connectivity index (χ3v) is 6.15. The second-order valence-corrected chi connectivity index (χ2v) is 11.8. The fourth-order valence-electron chi connectivity index (χ4n) is 3.12. The Labute approximate surface area is 227 Å². The Morgan fingerprint density at radius 1 is 0.526 bits per heavy atom. The van der Waals surface area contributed by atoms with E-state index in [9.17, 15) is 18.9 Å². The lowest BCUT2D eigenvalue weighted by Crippen LogP contribution is -2.26. The molecule has 0 saturated heterocycles. The quantitative estimate of drug-likeness (QED) is 0.0594. The average Bonchev–Trinajstić information content (AvgIpc) is 2.70. The standard InChI is InChI=1S/C27H45O10P/c1-16(2)13-19(7)25(28)32-22(10)35-38(31,36-23(11)33-26(29)20(8)14-17(3)4)37-24(12)34-27(30)21(9)15-18(5)6/h16-18,22-24H,7-9,13-15H2,1-6,10-12H3. The Hall–Kier alpha value is -2.26. The van der Waals surface area contributed by atoms with E-state index in [-0.39, 0.29) is 34.5 Å². The molecule has 38 heavy (non-hydrogen) atoms.